The minimum Gasteiger partial charge on any atom is -0.459 e. The molecular formula is C22H24FN3O4. The van der Waals surface area contributed by atoms with Crippen LogP contribution in [-0.2, 0) is 4.79 Å². The van der Waals surface area contributed by atoms with Crippen molar-refractivity contribution in [3.63, 3.8) is 0 Å². The van der Waals surface area contributed by atoms with Crippen molar-refractivity contribution in [3.05, 3.63) is 53.7 Å². The van der Waals surface area contributed by atoms with Crippen molar-refractivity contribution < 1.29 is 23.2 Å². The van der Waals surface area contributed by atoms with Gasteiger partial charge in [0.2, 0.25) is 5.91 Å². The Morgan fingerprint density at radius 3 is 2.47 bits per heavy atom. The molecule has 0 spiro atoms. The molecule has 1 atom stereocenters. The van der Waals surface area contributed by atoms with E-state index < -0.39 is 11.9 Å². The lowest BCUT2D eigenvalue weighted by molar-refractivity contribution is -0.135. The van der Waals surface area contributed by atoms with Gasteiger partial charge in [0.15, 0.2) is 11.5 Å². The summed E-state index contributed by atoms with van der Waals surface area (Å²) < 4.78 is 19.6. The third kappa shape index (κ3) is 3.81. The fraction of sp³-hybridized carbons (Fsp3) is 0.409. The summed E-state index contributed by atoms with van der Waals surface area (Å²) in [6.45, 7) is 3.81. The first-order valence-electron chi connectivity index (χ1n) is 10.1. The molecule has 1 unspecified atom stereocenters. The SMILES string of the molecule is CC(=O)c1ccc(N2CCN(C(=O)C3CCCN3C(=O)c3ccco3)CC2)c(F)c1. The number of carbonyl (C=O) groups is 3. The predicted molar refractivity (Wildman–Crippen MR) is 108 cm³/mol. The van der Waals surface area contributed by atoms with E-state index >= 15 is 0 Å². The molecule has 0 N–H and O–H groups in total. The van der Waals surface area contributed by atoms with E-state index in [0.717, 1.165) is 6.42 Å². The number of hydrogen-bond donors (Lipinski definition) is 0. The average molecular weight is 413 g/mol. The summed E-state index contributed by atoms with van der Waals surface area (Å²) in [5.74, 6) is -0.708. The molecule has 7 nitrogen and oxygen atoms in total. The summed E-state index contributed by atoms with van der Waals surface area (Å²) in [6.07, 6.45) is 2.85. The number of halogens is 1. The van der Waals surface area contributed by atoms with Crippen molar-refractivity contribution in [2.75, 3.05) is 37.6 Å². The Hall–Kier alpha value is -3.16. The summed E-state index contributed by atoms with van der Waals surface area (Å²) in [5.41, 5.74) is 0.773. The minimum atomic E-state index is -0.485. The van der Waals surface area contributed by atoms with Crippen LogP contribution in [0.25, 0.3) is 0 Å². The van der Waals surface area contributed by atoms with Gasteiger partial charge in [-0.25, -0.2) is 4.39 Å². The van der Waals surface area contributed by atoms with Crippen LogP contribution in [0, 0.1) is 5.82 Å². The quantitative estimate of drug-likeness (QED) is 0.721. The monoisotopic (exact) mass is 413 g/mol. The number of benzene rings is 1. The van der Waals surface area contributed by atoms with E-state index in [4.69, 9.17) is 4.42 Å². The van der Waals surface area contributed by atoms with Crippen molar-refractivity contribution in [2.45, 2.75) is 25.8 Å². The van der Waals surface area contributed by atoms with Crippen molar-refractivity contribution in [3.8, 4) is 0 Å². The summed E-state index contributed by atoms with van der Waals surface area (Å²) in [7, 11) is 0. The molecule has 0 bridgehead atoms. The fourth-order valence-electron chi connectivity index (χ4n) is 4.17. The van der Waals surface area contributed by atoms with Gasteiger partial charge in [0.25, 0.3) is 5.91 Å². The first-order valence-corrected chi connectivity index (χ1v) is 10.1. The number of furan rings is 1. The maximum atomic E-state index is 14.4. The molecule has 1 aromatic carbocycles. The van der Waals surface area contributed by atoms with Crippen LogP contribution in [-0.4, -0.2) is 66.2 Å². The van der Waals surface area contributed by atoms with Gasteiger partial charge in [-0.1, -0.05) is 0 Å². The summed E-state index contributed by atoms with van der Waals surface area (Å²) in [5, 5.41) is 0. The van der Waals surface area contributed by atoms with Crippen LogP contribution in [0.3, 0.4) is 0 Å². The van der Waals surface area contributed by atoms with Crippen LogP contribution in [0.15, 0.2) is 41.0 Å². The van der Waals surface area contributed by atoms with Gasteiger partial charge in [0.1, 0.15) is 11.9 Å². The van der Waals surface area contributed by atoms with Gasteiger partial charge in [-0.2, -0.15) is 0 Å². The lowest BCUT2D eigenvalue weighted by Gasteiger charge is -2.38. The number of carbonyl (C=O) groups excluding carboxylic acids is 3. The molecule has 8 heteroatoms. The molecule has 2 fully saturated rings. The Bertz CT molecular complexity index is 951. The molecule has 2 saturated heterocycles. The van der Waals surface area contributed by atoms with Crippen LogP contribution >= 0.6 is 0 Å². The van der Waals surface area contributed by atoms with Crippen LogP contribution in [0.4, 0.5) is 10.1 Å². The van der Waals surface area contributed by atoms with Crippen LogP contribution < -0.4 is 4.90 Å². The highest BCUT2D eigenvalue weighted by molar-refractivity contribution is 5.96. The zero-order valence-electron chi connectivity index (χ0n) is 16.8. The van der Waals surface area contributed by atoms with Gasteiger partial charge >= 0.3 is 0 Å². The van der Waals surface area contributed by atoms with Crippen LogP contribution in [0.1, 0.15) is 40.7 Å². The maximum absolute atomic E-state index is 14.4. The Kier molecular flexibility index (Phi) is 5.57. The van der Waals surface area contributed by atoms with Crippen molar-refractivity contribution in [1.29, 1.82) is 0 Å². The lowest BCUT2D eigenvalue weighted by Crippen LogP contribution is -2.54. The molecule has 1 aromatic heterocycles. The normalized spacial score (nSPS) is 19.3. The second kappa shape index (κ2) is 8.30. The predicted octanol–water partition coefficient (Wildman–Crippen LogP) is 2.57. The number of piperazine rings is 1. The smallest absolute Gasteiger partial charge is 0.290 e. The third-order valence-corrected chi connectivity index (χ3v) is 5.82. The zero-order chi connectivity index (χ0) is 21.3. The molecule has 30 heavy (non-hydrogen) atoms. The number of anilines is 1. The van der Waals surface area contributed by atoms with Gasteiger partial charge in [0, 0.05) is 38.3 Å². The molecule has 158 valence electrons. The first kappa shape index (κ1) is 20.1. The molecule has 0 radical (unpaired) electrons. The van der Waals surface area contributed by atoms with E-state index in [2.05, 4.69) is 0 Å². The number of rotatable bonds is 4. The number of ketones is 1. The Labute approximate surface area is 174 Å². The van der Waals surface area contributed by atoms with Crippen LogP contribution in [0.5, 0.6) is 0 Å². The van der Waals surface area contributed by atoms with E-state index in [1.165, 1.54) is 19.3 Å². The minimum absolute atomic E-state index is 0.0699. The van der Waals surface area contributed by atoms with Crippen molar-refractivity contribution in [2.24, 2.45) is 0 Å². The standard InChI is InChI=1S/C22H24FN3O4/c1-15(27)16-6-7-18(17(23)14-16)24-9-11-25(12-10-24)21(28)19-4-2-8-26(19)22(29)20-5-3-13-30-20/h3,5-7,13-14,19H,2,4,8-12H2,1H3. The first-order chi connectivity index (χ1) is 14.5. The van der Waals surface area contributed by atoms with E-state index in [1.807, 2.05) is 4.90 Å². The number of likely N-dealkylation sites (tertiary alicyclic amines) is 1. The molecule has 2 aromatic rings. The third-order valence-electron chi connectivity index (χ3n) is 5.82. The van der Waals surface area contributed by atoms with E-state index in [9.17, 15) is 18.8 Å². The Morgan fingerprint density at radius 2 is 1.83 bits per heavy atom. The van der Waals surface area contributed by atoms with Crippen LogP contribution in [0.2, 0.25) is 0 Å². The number of Topliss-reactive ketones (excluding diaryl/α,β-unsaturated/α-hetero) is 1. The molecule has 2 aliphatic heterocycles. The molecule has 0 saturated carbocycles. The second-order valence-corrected chi connectivity index (χ2v) is 7.67. The highest BCUT2D eigenvalue weighted by Crippen LogP contribution is 2.25. The highest BCUT2D eigenvalue weighted by Gasteiger charge is 2.38. The zero-order valence-corrected chi connectivity index (χ0v) is 16.8. The largest absolute Gasteiger partial charge is 0.459 e. The highest BCUT2D eigenvalue weighted by atomic mass is 19.1. The van der Waals surface area contributed by atoms with E-state index in [1.54, 1.807) is 34.1 Å². The number of hydrogen-bond acceptors (Lipinski definition) is 5. The van der Waals surface area contributed by atoms with Gasteiger partial charge < -0.3 is 19.1 Å². The fourth-order valence-corrected chi connectivity index (χ4v) is 4.17. The Morgan fingerprint density at radius 1 is 1.07 bits per heavy atom. The van der Waals surface area contributed by atoms with E-state index in [-0.39, 0.29) is 23.4 Å². The molecule has 0 aliphatic carbocycles. The van der Waals surface area contributed by atoms with Gasteiger partial charge in [-0.3, -0.25) is 14.4 Å². The molecular weight excluding hydrogens is 389 g/mol. The summed E-state index contributed by atoms with van der Waals surface area (Å²) in [6, 6.07) is 7.26. The summed E-state index contributed by atoms with van der Waals surface area (Å²) >= 11 is 0. The van der Waals surface area contributed by atoms with Crippen molar-refractivity contribution >= 4 is 23.3 Å². The average Bonchev–Trinajstić information content (AvgIpc) is 3.45. The number of amides is 2. The number of nitrogens with zero attached hydrogens (tertiary/aromatic N) is 3. The summed E-state index contributed by atoms with van der Waals surface area (Å²) in [4.78, 5) is 42.4. The maximum Gasteiger partial charge on any atom is 0.290 e. The topological polar surface area (TPSA) is 74.1 Å². The molecule has 3 heterocycles. The molecule has 2 amide bonds. The lowest BCUT2D eigenvalue weighted by atomic mass is 10.1. The molecule has 2 aliphatic rings. The van der Waals surface area contributed by atoms with Gasteiger partial charge in [0.05, 0.1) is 12.0 Å². The second-order valence-electron chi connectivity index (χ2n) is 7.67. The Balaban J connectivity index is 1.39. The van der Waals surface area contributed by atoms with Gasteiger partial charge in [-0.15, -0.1) is 0 Å². The molecule has 4 rings (SSSR count). The van der Waals surface area contributed by atoms with Crippen molar-refractivity contribution in [1.82, 2.24) is 9.80 Å². The van der Waals surface area contributed by atoms with E-state index in [0.29, 0.717) is 50.4 Å². The van der Waals surface area contributed by atoms with Gasteiger partial charge in [-0.05, 0) is 50.1 Å².